The lowest BCUT2D eigenvalue weighted by molar-refractivity contribution is -0.0920. The number of thiophene rings is 2. The van der Waals surface area contributed by atoms with Crippen molar-refractivity contribution in [3.05, 3.63) is 99.3 Å². The molecular formula is C46H55NO5S3. The van der Waals surface area contributed by atoms with Crippen LogP contribution < -0.4 is 0 Å². The van der Waals surface area contributed by atoms with E-state index in [1.807, 2.05) is 47.8 Å². The van der Waals surface area contributed by atoms with Gasteiger partial charge in [0.15, 0.2) is 0 Å². The number of hydrogen-bond acceptors (Lipinski definition) is 7. The first-order chi connectivity index (χ1) is 26.3. The van der Waals surface area contributed by atoms with Crippen molar-refractivity contribution in [3.8, 4) is 0 Å². The molecule has 5 saturated carbocycles. The fraction of sp³-hybridized carbons (Fsp3) is 0.543. The van der Waals surface area contributed by atoms with Crippen molar-refractivity contribution in [2.45, 2.75) is 119 Å². The third-order valence-corrected chi connectivity index (χ3v) is 19.0. The van der Waals surface area contributed by atoms with Gasteiger partial charge in [-0.3, -0.25) is 4.79 Å². The van der Waals surface area contributed by atoms with Crippen LogP contribution in [0.25, 0.3) is 10.1 Å². The highest BCUT2D eigenvalue weighted by Crippen LogP contribution is 2.62. The van der Waals surface area contributed by atoms with Crippen LogP contribution in [0.1, 0.15) is 123 Å². The summed E-state index contributed by atoms with van der Waals surface area (Å²) in [5.74, 6) is 1.85. The maximum atomic E-state index is 14.8. The minimum atomic E-state index is -3.87. The van der Waals surface area contributed by atoms with Gasteiger partial charge < -0.3 is 10.2 Å². The van der Waals surface area contributed by atoms with Crippen molar-refractivity contribution in [1.29, 1.82) is 0 Å². The monoisotopic (exact) mass is 797 g/mol. The Morgan fingerprint density at radius 3 is 2.38 bits per heavy atom. The van der Waals surface area contributed by atoms with Gasteiger partial charge in [0.2, 0.25) is 5.78 Å². The largest absolute Gasteiger partial charge is 0.393 e. The number of aliphatic hydroxyl groups is 2. The summed E-state index contributed by atoms with van der Waals surface area (Å²) in [6.07, 6.45) is 13.2. The third-order valence-electron chi connectivity index (χ3n) is 14.8. The highest BCUT2D eigenvalue weighted by Gasteiger charge is 2.59. The van der Waals surface area contributed by atoms with Gasteiger partial charge in [0.25, 0.3) is 10.0 Å². The molecule has 55 heavy (non-hydrogen) atoms. The molecule has 6 bridgehead atoms. The number of carbonyl (C=O) groups is 1. The summed E-state index contributed by atoms with van der Waals surface area (Å²) in [5.41, 5.74) is 1.61. The van der Waals surface area contributed by atoms with E-state index in [0.29, 0.717) is 71.1 Å². The molecular weight excluding hydrogens is 743 g/mol. The quantitative estimate of drug-likeness (QED) is 0.137. The van der Waals surface area contributed by atoms with Crippen molar-refractivity contribution < 1.29 is 23.4 Å². The number of rotatable bonds is 8. The van der Waals surface area contributed by atoms with Crippen LogP contribution in [0, 0.1) is 28.6 Å². The third kappa shape index (κ3) is 6.93. The van der Waals surface area contributed by atoms with E-state index in [4.69, 9.17) is 0 Å². The van der Waals surface area contributed by atoms with E-state index in [1.54, 1.807) is 10.4 Å². The summed E-state index contributed by atoms with van der Waals surface area (Å²) >= 11 is 2.77. The van der Waals surface area contributed by atoms with Crippen LogP contribution in [-0.2, 0) is 16.4 Å². The minimum absolute atomic E-state index is 0.0307. The van der Waals surface area contributed by atoms with Crippen LogP contribution >= 0.6 is 22.7 Å². The number of ketones is 1. The van der Waals surface area contributed by atoms with Crippen LogP contribution in [0.5, 0.6) is 0 Å². The number of fused-ring (bicyclic) bond motifs is 9. The van der Waals surface area contributed by atoms with Crippen LogP contribution in [0.3, 0.4) is 0 Å². The lowest BCUT2D eigenvalue weighted by Gasteiger charge is -2.58. The number of allylic oxidation sites excluding steroid dienone is 2. The molecule has 0 saturated heterocycles. The molecule has 2 N–H and O–H groups in total. The van der Waals surface area contributed by atoms with Crippen LogP contribution in [0.2, 0.25) is 0 Å². The Kier molecular flexibility index (Phi) is 9.86. The van der Waals surface area contributed by atoms with Crippen LogP contribution in [-0.4, -0.2) is 53.5 Å². The van der Waals surface area contributed by atoms with Gasteiger partial charge in [-0.15, -0.1) is 22.7 Å². The maximum absolute atomic E-state index is 14.8. The minimum Gasteiger partial charge on any atom is -0.393 e. The Bertz CT molecular complexity index is 2150. The Morgan fingerprint density at radius 1 is 0.927 bits per heavy atom. The number of nitrogens with zero attached hydrogens (tertiary/aromatic N) is 1. The van der Waals surface area contributed by atoms with E-state index in [-0.39, 0.29) is 23.7 Å². The van der Waals surface area contributed by atoms with E-state index in [2.05, 4.69) is 32.1 Å². The first-order valence-electron chi connectivity index (χ1n) is 20.6. The molecule has 0 spiro atoms. The Balaban J connectivity index is 1.13. The van der Waals surface area contributed by atoms with E-state index in [9.17, 15) is 23.4 Å². The molecule has 4 aromatic rings. The van der Waals surface area contributed by atoms with Gasteiger partial charge in [0.05, 0.1) is 16.6 Å². The fourth-order valence-corrected chi connectivity index (χ4v) is 16.1. The molecule has 9 heteroatoms. The number of benzene rings is 2. The molecule has 2 aromatic carbocycles. The molecule has 7 aliphatic carbocycles. The summed E-state index contributed by atoms with van der Waals surface area (Å²) < 4.78 is 32.7. The zero-order valence-corrected chi connectivity index (χ0v) is 34.7. The number of carbonyl (C=O) groups excluding carboxylic acids is 1. The Labute approximate surface area is 334 Å². The standard InChI is InChI=1S/C46H55NO5S3/c1-30-7-5-16-44(2)39(37-14-12-31(22-36(48)13-11-30)23-38(37)43(49)41-24-35-8-3-4-9-40(35)54-41)15-17-46(44,50)29-47(55(51,52)42-10-6-18-53-42)28-45-25-32-19-33(26-45)21-34(20-32)27-45/h3-4,6-10,12,14,18,23-24,32-34,36,39,48,50H,5,11,13,15-17,19-22,25-29H2,1-2H3/t32?,33?,34?,36-,39-,44-,45?,46+/m0/s1. The molecule has 2 heterocycles. The number of sulfonamides is 1. The second kappa shape index (κ2) is 14.3. The van der Waals surface area contributed by atoms with Gasteiger partial charge in [-0.1, -0.05) is 55.0 Å². The number of hydrogen-bond donors (Lipinski definition) is 2. The van der Waals surface area contributed by atoms with E-state index in [1.165, 1.54) is 47.5 Å². The summed E-state index contributed by atoms with van der Waals surface area (Å²) in [5, 5.41) is 27.3. The topological polar surface area (TPSA) is 94.9 Å². The Morgan fingerprint density at radius 2 is 1.67 bits per heavy atom. The molecule has 0 radical (unpaired) electrons. The average Bonchev–Trinajstić information content (AvgIpc) is 3.89. The van der Waals surface area contributed by atoms with Gasteiger partial charge in [0, 0.05) is 28.8 Å². The van der Waals surface area contributed by atoms with Gasteiger partial charge in [-0.05, 0) is 166 Å². The fourth-order valence-electron chi connectivity index (χ4n) is 12.3. The van der Waals surface area contributed by atoms with E-state index < -0.39 is 27.1 Å². The van der Waals surface area contributed by atoms with Gasteiger partial charge in [-0.2, -0.15) is 4.31 Å². The van der Waals surface area contributed by atoms with Crippen molar-refractivity contribution in [2.24, 2.45) is 28.6 Å². The van der Waals surface area contributed by atoms with E-state index >= 15 is 0 Å². The first kappa shape index (κ1) is 37.9. The molecule has 7 aliphatic rings. The molecule has 0 unspecified atom stereocenters. The van der Waals surface area contributed by atoms with Gasteiger partial charge in [0.1, 0.15) is 4.21 Å². The second-order valence-corrected chi connectivity index (χ2v) is 22.7. The lowest BCUT2D eigenvalue weighted by Crippen LogP contribution is -2.57. The molecule has 5 fully saturated rings. The lowest BCUT2D eigenvalue weighted by atomic mass is 9.49. The van der Waals surface area contributed by atoms with E-state index in [0.717, 1.165) is 53.3 Å². The van der Waals surface area contributed by atoms with Gasteiger partial charge >= 0.3 is 0 Å². The zero-order chi connectivity index (χ0) is 38.2. The highest BCUT2D eigenvalue weighted by atomic mass is 32.2. The molecule has 6 nitrogen and oxygen atoms in total. The van der Waals surface area contributed by atoms with Crippen molar-refractivity contribution in [1.82, 2.24) is 4.31 Å². The van der Waals surface area contributed by atoms with Gasteiger partial charge in [-0.25, -0.2) is 8.42 Å². The molecule has 0 amide bonds. The van der Waals surface area contributed by atoms with Crippen molar-refractivity contribution in [3.63, 3.8) is 0 Å². The number of aliphatic hydroxyl groups excluding tert-OH is 1. The normalized spacial score (nSPS) is 33.5. The Hall–Kier alpha value is -2.66. The summed E-state index contributed by atoms with van der Waals surface area (Å²) in [4.78, 5) is 15.4. The summed E-state index contributed by atoms with van der Waals surface area (Å²) in [6.45, 7) is 4.81. The summed E-state index contributed by atoms with van der Waals surface area (Å²) in [6, 6.07) is 19.7. The molecule has 11 rings (SSSR count). The maximum Gasteiger partial charge on any atom is 0.252 e. The van der Waals surface area contributed by atoms with Crippen LogP contribution in [0.4, 0.5) is 0 Å². The SMILES string of the molecule is CC1=CCC[C@@]2(C)[C@@H](CC[C@@]2(O)CN(CC23CC4CC(CC(C4)C2)C3)S(=O)(=O)c2cccs2)c2ccc(cc2C(=O)c2cc3ccccc3s2)C[C@@H](O)CC1. The zero-order valence-electron chi connectivity index (χ0n) is 32.2. The van der Waals surface area contributed by atoms with Crippen molar-refractivity contribution >= 4 is 48.6 Å². The van der Waals surface area contributed by atoms with Crippen LogP contribution in [0.15, 0.2) is 81.9 Å². The molecule has 0 aliphatic heterocycles. The molecule has 4 atom stereocenters. The smallest absolute Gasteiger partial charge is 0.252 e. The molecule has 292 valence electrons. The van der Waals surface area contributed by atoms with Crippen molar-refractivity contribution in [2.75, 3.05) is 13.1 Å². The predicted octanol–water partition coefficient (Wildman–Crippen LogP) is 10.1. The summed E-state index contributed by atoms with van der Waals surface area (Å²) in [7, 11) is -3.87. The first-order valence-corrected chi connectivity index (χ1v) is 23.7. The highest BCUT2D eigenvalue weighted by molar-refractivity contribution is 7.91. The second-order valence-electron chi connectivity index (χ2n) is 18.5. The average molecular weight is 798 g/mol. The molecule has 2 aromatic heterocycles. The predicted molar refractivity (Wildman–Crippen MR) is 222 cm³/mol.